The van der Waals surface area contributed by atoms with E-state index in [-0.39, 0.29) is 0 Å². The summed E-state index contributed by atoms with van der Waals surface area (Å²) < 4.78 is 0. The van der Waals surface area contributed by atoms with E-state index in [1.54, 1.807) is 0 Å². The molecule has 1 nitrogen and oxygen atoms in total. The van der Waals surface area contributed by atoms with E-state index in [2.05, 4.69) is 39.9 Å². The standard InChI is InChI=1S/C12H27N/c1-6-11(7-2)13-10-8-9-12(3,4)5/h11,13H,6-10H2,1-5H3. The molecule has 0 radical (unpaired) electrons. The number of hydrogen-bond donors (Lipinski definition) is 1. The van der Waals surface area contributed by atoms with Gasteiger partial charge in [0.2, 0.25) is 0 Å². The molecule has 0 saturated carbocycles. The van der Waals surface area contributed by atoms with Crippen molar-refractivity contribution in [1.82, 2.24) is 5.32 Å². The molecule has 0 aromatic rings. The maximum Gasteiger partial charge on any atom is 0.00618 e. The van der Waals surface area contributed by atoms with Crippen LogP contribution in [0.25, 0.3) is 0 Å². The van der Waals surface area contributed by atoms with Gasteiger partial charge < -0.3 is 5.32 Å². The van der Waals surface area contributed by atoms with Crippen molar-refractivity contribution in [2.45, 2.75) is 66.3 Å². The summed E-state index contributed by atoms with van der Waals surface area (Å²) in [6, 6.07) is 0.736. The van der Waals surface area contributed by atoms with E-state index in [1.807, 2.05) is 0 Å². The third-order valence-corrected chi connectivity index (χ3v) is 2.52. The van der Waals surface area contributed by atoms with Gasteiger partial charge >= 0.3 is 0 Å². The van der Waals surface area contributed by atoms with Crippen molar-refractivity contribution in [2.75, 3.05) is 6.54 Å². The maximum atomic E-state index is 3.59. The van der Waals surface area contributed by atoms with Crippen molar-refractivity contribution in [2.24, 2.45) is 5.41 Å². The fourth-order valence-electron chi connectivity index (χ4n) is 1.50. The van der Waals surface area contributed by atoms with E-state index in [9.17, 15) is 0 Å². The molecule has 0 saturated heterocycles. The van der Waals surface area contributed by atoms with Crippen LogP contribution in [0.15, 0.2) is 0 Å². The van der Waals surface area contributed by atoms with Gasteiger partial charge in [0.1, 0.15) is 0 Å². The Balaban J connectivity index is 3.34. The first kappa shape index (κ1) is 13.0. The van der Waals surface area contributed by atoms with Gasteiger partial charge in [-0.25, -0.2) is 0 Å². The fraction of sp³-hybridized carbons (Fsp3) is 1.00. The second-order valence-electron chi connectivity index (χ2n) is 5.13. The van der Waals surface area contributed by atoms with Crippen LogP contribution in [0.1, 0.15) is 60.3 Å². The van der Waals surface area contributed by atoms with Crippen LogP contribution < -0.4 is 5.32 Å². The zero-order chi connectivity index (χ0) is 10.3. The van der Waals surface area contributed by atoms with E-state index in [4.69, 9.17) is 0 Å². The topological polar surface area (TPSA) is 12.0 Å². The molecule has 0 aromatic carbocycles. The van der Waals surface area contributed by atoms with E-state index in [0.29, 0.717) is 5.41 Å². The molecule has 0 atom stereocenters. The first-order valence-corrected chi connectivity index (χ1v) is 5.73. The summed E-state index contributed by atoms with van der Waals surface area (Å²) in [5.41, 5.74) is 0.496. The smallest absolute Gasteiger partial charge is 0.00618 e. The van der Waals surface area contributed by atoms with E-state index >= 15 is 0 Å². The van der Waals surface area contributed by atoms with Crippen molar-refractivity contribution in [3.05, 3.63) is 0 Å². The Hall–Kier alpha value is -0.0400. The molecule has 80 valence electrons. The SMILES string of the molecule is CCC(CC)NCCCC(C)(C)C. The summed E-state index contributed by atoms with van der Waals surface area (Å²) in [4.78, 5) is 0. The van der Waals surface area contributed by atoms with Crippen molar-refractivity contribution >= 4 is 0 Å². The molecule has 0 fully saturated rings. The molecule has 0 heterocycles. The summed E-state index contributed by atoms with van der Waals surface area (Å²) in [5, 5.41) is 3.59. The molecule has 0 spiro atoms. The molecule has 0 unspecified atom stereocenters. The molecular formula is C12H27N. The number of hydrogen-bond acceptors (Lipinski definition) is 1. The average Bonchev–Trinajstić information content (AvgIpc) is 2.03. The Morgan fingerprint density at radius 3 is 2.00 bits per heavy atom. The molecule has 0 rings (SSSR count). The largest absolute Gasteiger partial charge is 0.314 e. The lowest BCUT2D eigenvalue weighted by atomic mass is 9.90. The van der Waals surface area contributed by atoms with Crippen LogP contribution in [0.4, 0.5) is 0 Å². The van der Waals surface area contributed by atoms with Crippen LogP contribution >= 0.6 is 0 Å². The van der Waals surface area contributed by atoms with Crippen LogP contribution in [-0.4, -0.2) is 12.6 Å². The van der Waals surface area contributed by atoms with E-state index in [1.165, 1.54) is 32.2 Å². The maximum absolute atomic E-state index is 3.59. The summed E-state index contributed by atoms with van der Waals surface area (Å²) >= 11 is 0. The van der Waals surface area contributed by atoms with E-state index in [0.717, 1.165) is 6.04 Å². The van der Waals surface area contributed by atoms with Gasteiger partial charge in [-0.15, -0.1) is 0 Å². The lowest BCUT2D eigenvalue weighted by molar-refractivity contribution is 0.352. The Labute approximate surface area is 84.3 Å². The molecule has 13 heavy (non-hydrogen) atoms. The second-order valence-corrected chi connectivity index (χ2v) is 5.13. The zero-order valence-electron chi connectivity index (χ0n) is 10.1. The normalized spacial score (nSPS) is 12.5. The van der Waals surface area contributed by atoms with Crippen LogP contribution in [-0.2, 0) is 0 Å². The minimum atomic E-state index is 0.496. The first-order chi connectivity index (χ1) is 5.99. The Morgan fingerprint density at radius 2 is 1.62 bits per heavy atom. The van der Waals surface area contributed by atoms with Crippen LogP contribution in [0.5, 0.6) is 0 Å². The summed E-state index contributed by atoms with van der Waals surface area (Å²) in [5.74, 6) is 0. The minimum absolute atomic E-state index is 0.496. The van der Waals surface area contributed by atoms with Gasteiger partial charge in [0.05, 0.1) is 0 Å². The lowest BCUT2D eigenvalue weighted by Crippen LogP contribution is -2.29. The number of nitrogens with one attached hydrogen (secondary N) is 1. The molecule has 0 aromatic heterocycles. The van der Waals surface area contributed by atoms with Crippen molar-refractivity contribution in [1.29, 1.82) is 0 Å². The van der Waals surface area contributed by atoms with Crippen molar-refractivity contribution in [3.8, 4) is 0 Å². The first-order valence-electron chi connectivity index (χ1n) is 5.73. The average molecular weight is 185 g/mol. The molecule has 1 heteroatoms. The van der Waals surface area contributed by atoms with Crippen LogP contribution in [0.3, 0.4) is 0 Å². The predicted octanol–water partition coefficient (Wildman–Crippen LogP) is 3.59. The Kier molecular flexibility index (Phi) is 6.40. The molecule has 1 N–H and O–H groups in total. The third-order valence-electron chi connectivity index (χ3n) is 2.52. The van der Waals surface area contributed by atoms with Crippen molar-refractivity contribution < 1.29 is 0 Å². The van der Waals surface area contributed by atoms with Gasteiger partial charge in [0, 0.05) is 6.04 Å². The highest BCUT2D eigenvalue weighted by molar-refractivity contribution is 4.65. The minimum Gasteiger partial charge on any atom is -0.314 e. The summed E-state index contributed by atoms with van der Waals surface area (Å²) in [6.07, 6.45) is 5.14. The highest BCUT2D eigenvalue weighted by Crippen LogP contribution is 2.19. The van der Waals surface area contributed by atoms with Crippen LogP contribution in [0, 0.1) is 5.41 Å². The molecule has 0 aliphatic heterocycles. The van der Waals surface area contributed by atoms with Gasteiger partial charge in [-0.2, -0.15) is 0 Å². The monoisotopic (exact) mass is 185 g/mol. The Morgan fingerprint density at radius 1 is 1.08 bits per heavy atom. The van der Waals surface area contributed by atoms with Gasteiger partial charge in [-0.3, -0.25) is 0 Å². The van der Waals surface area contributed by atoms with Crippen molar-refractivity contribution in [3.63, 3.8) is 0 Å². The van der Waals surface area contributed by atoms with Gasteiger partial charge in [0.25, 0.3) is 0 Å². The van der Waals surface area contributed by atoms with Gasteiger partial charge in [-0.1, -0.05) is 34.6 Å². The number of rotatable bonds is 6. The lowest BCUT2D eigenvalue weighted by Gasteiger charge is -2.19. The predicted molar refractivity (Wildman–Crippen MR) is 61.1 cm³/mol. The molecule has 0 amide bonds. The molecule has 0 aliphatic rings. The van der Waals surface area contributed by atoms with E-state index < -0.39 is 0 Å². The molecule has 0 aliphatic carbocycles. The zero-order valence-corrected chi connectivity index (χ0v) is 10.1. The molecule has 0 bridgehead atoms. The quantitative estimate of drug-likeness (QED) is 0.624. The van der Waals surface area contributed by atoms with Gasteiger partial charge in [0.15, 0.2) is 0 Å². The molecular weight excluding hydrogens is 158 g/mol. The summed E-state index contributed by atoms with van der Waals surface area (Å²) in [6.45, 7) is 12.6. The Bertz CT molecular complexity index is 109. The highest BCUT2D eigenvalue weighted by atomic mass is 14.9. The summed E-state index contributed by atoms with van der Waals surface area (Å²) in [7, 11) is 0. The fourth-order valence-corrected chi connectivity index (χ4v) is 1.50. The second kappa shape index (κ2) is 6.42. The van der Waals surface area contributed by atoms with Gasteiger partial charge in [-0.05, 0) is 37.6 Å². The highest BCUT2D eigenvalue weighted by Gasteiger charge is 2.09. The third kappa shape index (κ3) is 8.29. The van der Waals surface area contributed by atoms with Crippen LogP contribution in [0.2, 0.25) is 0 Å².